The van der Waals surface area contributed by atoms with Crippen molar-refractivity contribution in [1.82, 2.24) is 15.3 Å². The summed E-state index contributed by atoms with van der Waals surface area (Å²) in [5.41, 5.74) is 2.73. The molecular formula is C20H26N4O2. The standard InChI is InChI=1S/C20H26N4O2/c1-20(2,3)16-6-4-15(5-7-16)18(25)22-14-17-8-9-21-19(23-17)24-10-12-26-13-11-24/h4-9H,10-14H2,1-3H3,(H,22,25). The van der Waals surface area contributed by atoms with Gasteiger partial charge in [0.05, 0.1) is 25.5 Å². The number of nitrogens with one attached hydrogen (secondary N) is 1. The number of hydrogen-bond acceptors (Lipinski definition) is 5. The molecule has 1 saturated heterocycles. The van der Waals surface area contributed by atoms with Gasteiger partial charge in [-0.15, -0.1) is 0 Å². The Morgan fingerprint density at radius 1 is 1.15 bits per heavy atom. The largest absolute Gasteiger partial charge is 0.378 e. The van der Waals surface area contributed by atoms with Gasteiger partial charge in [-0.1, -0.05) is 32.9 Å². The number of ether oxygens (including phenoxy) is 1. The molecule has 6 nitrogen and oxygen atoms in total. The van der Waals surface area contributed by atoms with Crippen LogP contribution >= 0.6 is 0 Å². The third kappa shape index (κ3) is 4.58. The van der Waals surface area contributed by atoms with Gasteiger partial charge in [0.25, 0.3) is 5.91 Å². The summed E-state index contributed by atoms with van der Waals surface area (Å²) in [6.07, 6.45) is 1.73. The quantitative estimate of drug-likeness (QED) is 0.914. The van der Waals surface area contributed by atoms with Crippen molar-refractivity contribution in [1.29, 1.82) is 0 Å². The maximum Gasteiger partial charge on any atom is 0.251 e. The molecule has 26 heavy (non-hydrogen) atoms. The fraction of sp³-hybridized carbons (Fsp3) is 0.450. The van der Waals surface area contributed by atoms with E-state index < -0.39 is 0 Å². The molecule has 1 aliphatic heterocycles. The SMILES string of the molecule is CC(C)(C)c1ccc(C(=O)NCc2ccnc(N3CCOCC3)n2)cc1. The van der Waals surface area contributed by atoms with E-state index >= 15 is 0 Å². The van der Waals surface area contributed by atoms with Crippen molar-refractivity contribution in [2.24, 2.45) is 0 Å². The maximum absolute atomic E-state index is 12.4. The molecule has 3 rings (SSSR count). The molecule has 1 aliphatic rings. The lowest BCUT2D eigenvalue weighted by Gasteiger charge is -2.26. The van der Waals surface area contributed by atoms with Gasteiger partial charge >= 0.3 is 0 Å². The first kappa shape index (κ1) is 18.3. The smallest absolute Gasteiger partial charge is 0.251 e. The number of amides is 1. The second-order valence-corrected chi connectivity index (χ2v) is 7.46. The molecule has 1 aromatic heterocycles. The molecule has 0 bridgehead atoms. The minimum Gasteiger partial charge on any atom is -0.378 e. The van der Waals surface area contributed by atoms with Crippen LogP contribution in [0.25, 0.3) is 0 Å². The second-order valence-electron chi connectivity index (χ2n) is 7.46. The van der Waals surface area contributed by atoms with Crippen molar-refractivity contribution in [2.45, 2.75) is 32.7 Å². The number of hydrogen-bond donors (Lipinski definition) is 1. The molecule has 1 amide bonds. The highest BCUT2D eigenvalue weighted by atomic mass is 16.5. The van der Waals surface area contributed by atoms with Gasteiger partial charge < -0.3 is 15.0 Å². The first-order valence-corrected chi connectivity index (χ1v) is 8.97. The first-order valence-electron chi connectivity index (χ1n) is 8.97. The summed E-state index contributed by atoms with van der Waals surface area (Å²) in [4.78, 5) is 23.4. The van der Waals surface area contributed by atoms with Gasteiger partial charge in [-0.25, -0.2) is 9.97 Å². The van der Waals surface area contributed by atoms with E-state index in [-0.39, 0.29) is 11.3 Å². The van der Waals surface area contributed by atoms with E-state index in [9.17, 15) is 4.79 Å². The van der Waals surface area contributed by atoms with Crippen LogP contribution in [0.2, 0.25) is 0 Å². The summed E-state index contributed by atoms with van der Waals surface area (Å²) in [7, 11) is 0. The highest BCUT2D eigenvalue weighted by molar-refractivity contribution is 5.94. The van der Waals surface area contributed by atoms with Crippen molar-refractivity contribution in [3.05, 3.63) is 53.3 Å². The van der Waals surface area contributed by atoms with Crippen LogP contribution in [-0.2, 0) is 16.7 Å². The van der Waals surface area contributed by atoms with Crippen LogP contribution in [0.4, 0.5) is 5.95 Å². The molecule has 0 unspecified atom stereocenters. The van der Waals surface area contributed by atoms with Gasteiger partial charge in [0.1, 0.15) is 0 Å². The van der Waals surface area contributed by atoms with E-state index in [2.05, 4.69) is 41.0 Å². The summed E-state index contributed by atoms with van der Waals surface area (Å²) in [6.45, 7) is 9.80. The molecule has 2 aromatic rings. The molecule has 0 aliphatic carbocycles. The lowest BCUT2D eigenvalue weighted by atomic mass is 9.87. The van der Waals surface area contributed by atoms with Gasteiger partial charge in [0.2, 0.25) is 5.95 Å². The van der Waals surface area contributed by atoms with Gasteiger partial charge in [0, 0.05) is 24.8 Å². The normalized spacial score (nSPS) is 15.0. The van der Waals surface area contributed by atoms with Crippen LogP contribution in [0, 0.1) is 0 Å². The summed E-state index contributed by atoms with van der Waals surface area (Å²) in [5, 5.41) is 2.93. The van der Waals surface area contributed by atoms with Gasteiger partial charge in [0.15, 0.2) is 0 Å². The van der Waals surface area contributed by atoms with Crippen LogP contribution in [-0.4, -0.2) is 42.2 Å². The molecule has 1 N–H and O–H groups in total. The van der Waals surface area contributed by atoms with Crippen LogP contribution in [0.5, 0.6) is 0 Å². The van der Waals surface area contributed by atoms with Crippen LogP contribution < -0.4 is 10.2 Å². The number of nitrogens with zero attached hydrogens (tertiary/aromatic N) is 3. The van der Waals surface area contributed by atoms with Crippen molar-refractivity contribution < 1.29 is 9.53 Å². The molecule has 0 saturated carbocycles. The molecule has 1 aromatic carbocycles. The number of rotatable bonds is 4. The molecule has 6 heteroatoms. The maximum atomic E-state index is 12.4. The number of anilines is 1. The third-order valence-corrected chi connectivity index (χ3v) is 4.44. The van der Waals surface area contributed by atoms with Crippen LogP contribution in [0.3, 0.4) is 0 Å². The average Bonchev–Trinajstić information content (AvgIpc) is 2.66. The second kappa shape index (κ2) is 7.83. The summed E-state index contributed by atoms with van der Waals surface area (Å²) in [6, 6.07) is 9.59. The molecule has 138 valence electrons. The van der Waals surface area contributed by atoms with Gasteiger partial charge in [-0.3, -0.25) is 4.79 Å². The Hall–Kier alpha value is -2.47. The van der Waals surface area contributed by atoms with Crippen LogP contribution in [0.15, 0.2) is 36.5 Å². The van der Waals surface area contributed by atoms with Gasteiger partial charge in [-0.2, -0.15) is 0 Å². The average molecular weight is 354 g/mol. The summed E-state index contributed by atoms with van der Waals surface area (Å²) < 4.78 is 5.35. The molecule has 0 atom stereocenters. The minimum atomic E-state index is -0.100. The Labute approximate surface area is 154 Å². The van der Waals surface area contributed by atoms with Crippen molar-refractivity contribution in [3.63, 3.8) is 0 Å². The zero-order valence-corrected chi connectivity index (χ0v) is 15.7. The minimum absolute atomic E-state index is 0.0753. The van der Waals surface area contributed by atoms with E-state index in [0.717, 1.165) is 18.8 Å². The Morgan fingerprint density at radius 3 is 2.50 bits per heavy atom. The fourth-order valence-corrected chi connectivity index (χ4v) is 2.79. The fourth-order valence-electron chi connectivity index (χ4n) is 2.79. The topological polar surface area (TPSA) is 67.4 Å². The van der Waals surface area contributed by atoms with E-state index in [1.807, 2.05) is 30.3 Å². The lowest BCUT2D eigenvalue weighted by molar-refractivity contribution is 0.0950. The predicted molar refractivity (Wildman–Crippen MR) is 101 cm³/mol. The number of benzene rings is 1. The monoisotopic (exact) mass is 354 g/mol. The third-order valence-electron chi connectivity index (χ3n) is 4.44. The molecule has 0 spiro atoms. The Bertz CT molecular complexity index is 747. The summed E-state index contributed by atoms with van der Waals surface area (Å²) in [5.74, 6) is 0.589. The van der Waals surface area contributed by atoms with E-state index in [0.29, 0.717) is 31.3 Å². The molecule has 2 heterocycles. The van der Waals surface area contributed by atoms with Crippen molar-refractivity contribution in [3.8, 4) is 0 Å². The van der Waals surface area contributed by atoms with E-state index in [4.69, 9.17) is 4.74 Å². The Morgan fingerprint density at radius 2 is 1.85 bits per heavy atom. The molecule has 1 fully saturated rings. The van der Waals surface area contributed by atoms with E-state index in [1.165, 1.54) is 5.56 Å². The molecular weight excluding hydrogens is 328 g/mol. The predicted octanol–water partition coefficient (Wildman–Crippen LogP) is 2.54. The summed E-state index contributed by atoms with van der Waals surface area (Å²) >= 11 is 0. The number of aromatic nitrogens is 2. The van der Waals surface area contributed by atoms with Crippen molar-refractivity contribution >= 4 is 11.9 Å². The lowest BCUT2D eigenvalue weighted by Crippen LogP contribution is -2.37. The molecule has 0 radical (unpaired) electrons. The van der Waals surface area contributed by atoms with E-state index in [1.54, 1.807) is 6.20 Å². The highest BCUT2D eigenvalue weighted by Crippen LogP contribution is 2.22. The Balaban J connectivity index is 1.60. The number of morpholine rings is 1. The first-order chi connectivity index (χ1) is 12.4. The van der Waals surface area contributed by atoms with Gasteiger partial charge in [-0.05, 0) is 29.2 Å². The Kier molecular flexibility index (Phi) is 5.52. The number of carbonyl (C=O) groups excluding carboxylic acids is 1. The number of carbonyl (C=O) groups is 1. The zero-order chi connectivity index (χ0) is 18.6. The zero-order valence-electron chi connectivity index (χ0n) is 15.7. The van der Waals surface area contributed by atoms with Crippen LogP contribution in [0.1, 0.15) is 42.4 Å². The highest BCUT2D eigenvalue weighted by Gasteiger charge is 2.15. The van der Waals surface area contributed by atoms with Crippen molar-refractivity contribution in [2.75, 3.05) is 31.2 Å².